The summed E-state index contributed by atoms with van der Waals surface area (Å²) in [5.41, 5.74) is 1.74. The second kappa shape index (κ2) is 7.20. The molecule has 2 aromatic carbocycles. The Bertz CT molecular complexity index is 744. The molecule has 0 aliphatic carbocycles. The molecule has 0 saturated carbocycles. The first-order valence-electron chi connectivity index (χ1n) is 6.62. The monoisotopic (exact) mass is 342 g/mol. The largest absolute Gasteiger partial charge is 0.573 e. The number of nitrogens with zero attached hydrogens (tertiary/aromatic N) is 2. The minimum absolute atomic E-state index is 0.0967. The van der Waals surface area contributed by atoms with E-state index < -0.39 is 23.7 Å². The van der Waals surface area contributed by atoms with E-state index in [1.807, 2.05) is 19.1 Å². The highest BCUT2D eigenvalue weighted by Gasteiger charge is 2.34. The van der Waals surface area contributed by atoms with Gasteiger partial charge in [-0.1, -0.05) is 29.8 Å². The fourth-order valence-corrected chi connectivity index (χ4v) is 1.72. The van der Waals surface area contributed by atoms with E-state index in [0.717, 1.165) is 17.3 Å². The normalized spacial score (nSPS) is 12.2. The first-order valence-corrected chi connectivity index (χ1v) is 6.62. The van der Waals surface area contributed by atoms with Crippen molar-refractivity contribution in [3.8, 4) is 5.75 Å². The third-order valence-electron chi connectivity index (χ3n) is 2.80. The zero-order chi connectivity index (χ0) is 17.7. The zero-order valence-corrected chi connectivity index (χ0v) is 12.3. The van der Waals surface area contributed by atoms with E-state index >= 15 is 0 Å². The molecular weight excluding hydrogens is 331 g/mol. The maximum Gasteiger partial charge on any atom is 0.573 e. The number of hydrogen-bond acceptors (Lipinski definition) is 3. The fourth-order valence-electron chi connectivity index (χ4n) is 1.72. The molecule has 8 heteroatoms. The van der Waals surface area contributed by atoms with Crippen LogP contribution in [-0.2, 0) is 0 Å². The summed E-state index contributed by atoms with van der Waals surface area (Å²) in [4.78, 5) is 0. The predicted molar refractivity (Wildman–Crippen MR) is 79.4 cm³/mol. The van der Waals surface area contributed by atoms with Gasteiger partial charge in [0.05, 0.1) is 12.4 Å². The number of aryl methyl sites for hydroxylation is 1. The summed E-state index contributed by atoms with van der Waals surface area (Å²) in [5, 5.41) is 7.29. The van der Waals surface area contributed by atoms with E-state index in [0.29, 0.717) is 12.1 Å². The lowest BCUT2D eigenvalue weighted by atomic mass is 10.2. The van der Waals surface area contributed by atoms with Gasteiger partial charge in [-0.25, -0.2) is 8.78 Å². The van der Waals surface area contributed by atoms with Crippen molar-refractivity contribution < 1.29 is 26.7 Å². The van der Waals surface area contributed by atoms with Crippen LogP contribution < -0.4 is 4.74 Å². The van der Waals surface area contributed by atoms with Crippen LogP contribution in [0.25, 0.3) is 0 Å². The van der Waals surface area contributed by atoms with Crippen LogP contribution >= 0.6 is 0 Å². The summed E-state index contributed by atoms with van der Waals surface area (Å²) >= 11 is 0. The van der Waals surface area contributed by atoms with Gasteiger partial charge in [0, 0.05) is 5.56 Å². The molecule has 2 rings (SSSR count). The summed E-state index contributed by atoms with van der Waals surface area (Å²) in [5.74, 6) is -4.49. The average molecular weight is 342 g/mol. The summed E-state index contributed by atoms with van der Waals surface area (Å²) in [6.07, 6.45) is -2.76. The second-order valence-electron chi connectivity index (χ2n) is 4.76. The van der Waals surface area contributed by atoms with Crippen molar-refractivity contribution >= 4 is 12.4 Å². The maximum atomic E-state index is 13.5. The van der Waals surface area contributed by atoms with Crippen LogP contribution in [0.1, 0.15) is 16.7 Å². The van der Waals surface area contributed by atoms with E-state index in [9.17, 15) is 22.0 Å². The third kappa shape index (κ3) is 5.15. The lowest BCUT2D eigenvalue weighted by Gasteiger charge is -2.10. The third-order valence-corrected chi connectivity index (χ3v) is 2.80. The highest BCUT2D eigenvalue weighted by molar-refractivity contribution is 5.82. The average Bonchev–Trinajstić information content (AvgIpc) is 2.48. The van der Waals surface area contributed by atoms with Crippen molar-refractivity contribution in [2.75, 3.05) is 0 Å². The number of benzene rings is 2. The van der Waals surface area contributed by atoms with Gasteiger partial charge in [0.25, 0.3) is 0 Å². The topological polar surface area (TPSA) is 34.0 Å². The van der Waals surface area contributed by atoms with Crippen molar-refractivity contribution in [2.45, 2.75) is 13.3 Å². The van der Waals surface area contributed by atoms with Gasteiger partial charge in [0.15, 0.2) is 11.6 Å². The van der Waals surface area contributed by atoms with E-state index in [4.69, 9.17) is 0 Å². The molecule has 24 heavy (non-hydrogen) atoms. The molecular formula is C16H11F5N2O. The predicted octanol–water partition coefficient (Wildman–Crippen LogP) is 4.62. The Kier molecular flexibility index (Phi) is 5.28. The van der Waals surface area contributed by atoms with Crippen molar-refractivity contribution in [3.05, 3.63) is 64.7 Å². The van der Waals surface area contributed by atoms with E-state index in [1.165, 1.54) is 6.21 Å². The summed E-state index contributed by atoms with van der Waals surface area (Å²) in [7, 11) is 0. The van der Waals surface area contributed by atoms with Gasteiger partial charge >= 0.3 is 6.36 Å². The van der Waals surface area contributed by atoms with E-state index in [2.05, 4.69) is 14.9 Å². The van der Waals surface area contributed by atoms with Crippen molar-refractivity contribution in [2.24, 2.45) is 10.2 Å². The number of rotatable bonds is 4. The van der Waals surface area contributed by atoms with Gasteiger partial charge < -0.3 is 4.74 Å². The van der Waals surface area contributed by atoms with Crippen LogP contribution in [0.3, 0.4) is 0 Å². The van der Waals surface area contributed by atoms with Crippen LogP contribution in [-0.4, -0.2) is 18.8 Å². The standard InChI is InChI=1S/C16H11F5N2O/c1-10-2-4-11(5-3-10)8-22-23-9-12-6-13(17)15(14(18)7-12)24-16(19,20)21/h2-9H,1H3/b22-8+,23-9-. The number of alkyl halides is 3. The Balaban J connectivity index is 2.11. The Morgan fingerprint density at radius 1 is 0.875 bits per heavy atom. The minimum Gasteiger partial charge on any atom is -0.399 e. The molecule has 3 nitrogen and oxygen atoms in total. The van der Waals surface area contributed by atoms with E-state index in [-0.39, 0.29) is 5.56 Å². The molecule has 0 aliphatic heterocycles. The highest BCUT2D eigenvalue weighted by Crippen LogP contribution is 2.28. The van der Waals surface area contributed by atoms with Crippen LogP contribution in [0.5, 0.6) is 5.75 Å². The summed E-state index contributed by atoms with van der Waals surface area (Å²) < 4.78 is 66.4. The van der Waals surface area contributed by atoms with Crippen molar-refractivity contribution in [1.82, 2.24) is 0 Å². The van der Waals surface area contributed by atoms with Crippen molar-refractivity contribution in [1.29, 1.82) is 0 Å². The number of ether oxygens (including phenoxy) is 1. The lowest BCUT2D eigenvalue weighted by molar-refractivity contribution is -0.276. The van der Waals surface area contributed by atoms with Crippen LogP contribution in [0, 0.1) is 18.6 Å². The Hall–Kier alpha value is -2.77. The molecule has 126 valence electrons. The quantitative estimate of drug-likeness (QED) is 0.453. The molecule has 0 heterocycles. The van der Waals surface area contributed by atoms with Crippen LogP contribution in [0.15, 0.2) is 46.6 Å². The van der Waals surface area contributed by atoms with Crippen molar-refractivity contribution in [3.63, 3.8) is 0 Å². The molecule has 0 aromatic heterocycles. The second-order valence-corrected chi connectivity index (χ2v) is 4.76. The SMILES string of the molecule is Cc1ccc(/C=N/N=C\c2cc(F)c(OC(F)(F)F)c(F)c2)cc1. The first-order chi connectivity index (χ1) is 11.2. The van der Waals surface area contributed by atoms with Gasteiger partial charge in [0.2, 0.25) is 5.75 Å². The Morgan fingerprint density at radius 2 is 1.38 bits per heavy atom. The molecule has 0 atom stereocenters. The molecule has 0 spiro atoms. The van der Waals surface area contributed by atoms with Crippen LogP contribution in [0.4, 0.5) is 22.0 Å². The fraction of sp³-hybridized carbons (Fsp3) is 0.125. The van der Waals surface area contributed by atoms with E-state index in [1.54, 1.807) is 12.1 Å². The number of hydrogen-bond donors (Lipinski definition) is 0. The smallest absolute Gasteiger partial charge is 0.399 e. The summed E-state index contributed by atoms with van der Waals surface area (Å²) in [6.45, 7) is 1.92. The zero-order valence-electron chi connectivity index (χ0n) is 12.3. The highest BCUT2D eigenvalue weighted by atomic mass is 19.4. The van der Waals surface area contributed by atoms with Gasteiger partial charge in [-0.3, -0.25) is 0 Å². The summed E-state index contributed by atoms with van der Waals surface area (Å²) in [6, 6.07) is 8.67. The Labute approximate surface area is 134 Å². The molecule has 0 aliphatic rings. The van der Waals surface area contributed by atoms with Gasteiger partial charge in [-0.05, 0) is 24.6 Å². The molecule has 0 saturated heterocycles. The molecule has 0 radical (unpaired) electrons. The van der Waals surface area contributed by atoms with Gasteiger partial charge in [0.1, 0.15) is 0 Å². The number of halogens is 5. The van der Waals surface area contributed by atoms with Gasteiger partial charge in [-0.2, -0.15) is 10.2 Å². The minimum atomic E-state index is -5.18. The van der Waals surface area contributed by atoms with Crippen LogP contribution in [0.2, 0.25) is 0 Å². The molecule has 0 unspecified atom stereocenters. The molecule has 0 amide bonds. The molecule has 0 N–H and O–H groups in total. The maximum absolute atomic E-state index is 13.5. The Morgan fingerprint density at radius 3 is 1.88 bits per heavy atom. The lowest BCUT2D eigenvalue weighted by Crippen LogP contribution is -2.19. The first kappa shape index (κ1) is 17.6. The molecule has 2 aromatic rings. The van der Waals surface area contributed by atoms with Gasteiger partial charge in [-0.15, -0.1) is 13.2 Å². The molecule has 0 bridgehead atoms. The molecule has 0 fully saturated rings.